The van der Waals surface area contributed by atoms with Crippen molar-refractivity contribution in [3.63, 3.8) is 0 Å². The summed E-state index contributed by atoms with van der Waals surface area (Å²) < 4.78 is 10.2. The predicted octanol–water partition coefficient (Wildman–Crippen LogP) is -1.31. The summed E-state index contributed by atoms with van der Waals surface area (Å²) in [5.41, 5.74) is 9.77. The number of primary amides is 1. The molecule has 5 N–H and O–H groups in total. The van der Waals surface area contributed by atoms with Crippen molar-refractivity contribution < 1.29 is 19.1 Å². The van der Waals surface area contributed by atoms with Crippen LogP contribution in [0.5, 0.6) is 0 Å². The van der Waals surface area contributed by atoms with Crippen molar-refractivity contribution in [1.82, 2.24) is 5.32 Å². The molecule has 0 atom stereocenters. The maximum Gasteiger partial charge on any atom is 0.243 e. The maximum atomic E-state index is 12.2. The van der Waals surface area contributed by atoms with Gasteiger partial charge < -0.3 is 26.3 Å². The van der Waals surface area contributed by atoms with Gasteiger partial charge in [0.25, 0.3) is 0 Å². The molecule has 7 nitrogen and oxygen atoms in total. The number of ether oxygens (including phenoxy) is 2. The molecule has 1 fully saturated rings. The van der Waals surface area contributed by atoms with E-state index in [0.29, 0.717) is 26.1 Å². The Labute approximate surface area is 117 Å². The second kappa shape index (κ2) is 7.37. The molecule has 2 amide bonds. The van der Waals surface area contributed by atoms with Gasteiger partial charge in [0.15, 0.2) is 0 Å². The van der Waals surface area contributed by atoms with Gasteiger partial charge in [0.1, 0.15) is 12.0 Å². The Morgan fingerprint density at radius 1 is 1.32 bits per heavy atom. The van der Waals surface area contributed by atoms with Crippen LogP contribution in [0.25, 0.3) is 0 Å². The molecule has 1 rings (SSSR count). The molecule has 0 aromatic heterocycles. The molecule has 0 radical (unpaired) electrons. The van der Waals surface area contributed by atoms with Gasteiger partial charge in [0.05, 0.1) is 11.6 Å². The van der Waals surface area contributed by atoms with E-state index in [2.05, 4.69) is 5.32 Å². The fourth-order valence-electron chi connectivity index (χ4n) is 1.88. The molecule has 1 heterocycles. The third-order valence-corrected chi connectivity index (χ3v) is 3.42. The van der Waals surface area contributed by atoms with Crippen LogP contribution in [-0.2, 0) is 19.1 Å². The lowest BCUT2D eigenvalue weighted by Gasteiger charge is -2.34. The average molecular weight is 289 g/mol. The number of thiocarbonyl (C=S) groups is 1. The highest BCUT2D eigenvalue weighted by Gasteiger charge is 2.42. The molecule has 1 saturated heterocycles. The zero-order valence-electron chi connectivity index (χ0n) is 10.6. The summed E-state index contributed by atoms with van der Waals surface area (Å²) in [4.78, 5) is 22.8. The molecule has 108 valence electrons. The third-order valence-electron chi connectivity index (χ3n) is 3.03. The van der Waals surface area contributed by atoms with Crippen LogP contribution in [0.15, 0.2) is 0 Å². The molecule has 0 saturated carbocycles. The van der Waals surface area contributed by atoms with Crippen LogP contribution in [0.2, 0.25) is 0 Å². The summed E-state index contributed by atoms with van der Waals surface area (Å²) in [5, 5.41) is 2.71. The molecule has 1 aliphatic rings. The van der Waals surface area contributed by atoms with Crippen LogP contribution in [0, 0.1) is 5.41 Å². The van der Waals surface area contributed by atoms with Gasteiger partial charge >= 0.3 is 0 Å². The Kier molecular flexibility index (Phi) is 6.13. The lowest BCUT2D eigenvalue weighted by Crippen LogP contribution is -2.52. The summed E-state index contributed by atoms with van der Waals surface area (Å²) in [6, 6.07) is 0. The summed E-state index contributed by atoms with van der Waals surface area (Å²) in [5.74, 6) is -0.763. The second-order valence-electron chi connectivity index (χ2n) is 4.33. The molecular weight excluding hydrogens is 270 g/mol. The lowest BCUT2D eigenvalue weighted by atomic mass is 9.79. The van der Waals surface area contributed by atoms with Crippen molar-refractivity contribution in [2.24, 2.45) is 16.9 Å². The Hall–Kier alpha value is -1.25. The fourth-order valence-corrected chi connectivity index (χ4v) is 2.18. The first-order chi connectivity index (χ1) is 8.99. The van der Waals surface area contributed by atoms with Crippen LogP contribution in [0.3, 0.4) is 0 Å². The molecule has 0 unspecified atom stereocenters. The zero-order chi connectivity index (χ0) is 14.3. The number of hydrogen-bond donors (Lipinski definition) is 3. The first-order valence-electron chi connectivity index (χ1n) is 6.01. The minimum Gasteiger partial charge on any atom is -0.392 e. The minimum atomic E-state index is -0.836. The van der Waals surface area contributed by atoms with E-state index in [9.17, 15) is 9.59 Å². The van der Waals surface area contributed by atoms with E-state index in [-0.39, 0.29) is 30.7 Å². The maximum absolute atomic E-state index is 12.2. The van der Waals surface area contributed by atoms with E-state index in [1.54, 1.807) is 0 Å². The van der Waals surface area contributed by atoms with Crippen molar-refractivity contribution >= 4 is 29.0 Å². The molecule has 0 spiro atoms. The van der Waals surface area contributed by atoms with Crippen LogP contribution < -0.4 is 16.8 Å². The van der Waals surface area contributed by atoms with Crippen molar-refractivity contribution in [3.8, 4) is 0 Å². The van der Waals surface area contributed by atoms with Gasteiger partial charge in [-0.25, -0.2) is 0 Å². The van der Waals surface area contributed by atoms with Crippen molar-refractivity contribution in [2.45, 2.75) is 12.8 Å². The topological polar surface area (TPSA) is 117 Å². The number of carbonyl (C=O) groups is 2. The molecule has 1 aliphatic heterocycles. The number of rotatable bonds is 7. The first kappa shape index (κ1) is 15.8. The second-order valence-corrected chi connectivity index (χ2v) is 4.77. The Morgan fingerprint density at radius 2 is 1.95 bits per heavy atom. The third kappa shape index (κ3) is 4.41. The summed E-state index contributed by atoms with van der Waals surface area (Å²) in [6.07, 6.45) is 0.965. The molecule has 0 bridgehead atoms. The van der Waals surface area contributed by atoms with Crippen LogP contribution in [0.4, 0.5) is 0 Å². The van der Waals surface area contributed by atoms with Gasteiger partial charge in [-0.2, -0.15) is 0 Å². The van der Waals surface area contributed by atoms with E-state index < -0.39 is 11.3 Å². The van der Waals surface area contributed by atoms with Crippen LogP contribution in [0.1, 0.15) is 12.8 Å². The standard InChI is InChI=1S/C11H19N3O4S/c12-8(15)7-18-6-3-14-10(16)11(9(13)19)1-4-17-5-2-11/h1-7H2,(H2,12,15)(H2,13,19)(H,14,16). The fraction of sp³-hybridized carbons (Fsp3) is 0.727. The van der Waals surface area contributed by atoms with E-state index >= 15 is 0 Å². The number of nitrogens with two attached hydrogens (primary N) is 2. The van der Waals surface area contributed by atoms with Crippen molar-refractivity contribution in [1.29, 1.82) is 0 Å². The first-order valence-corrected chi connectivity index (χ1v) is 6.42. The van der Waals surface area contributed by atoms with E-state index in [1.807, 2.05) is 0 Å². The van der Waals surface area contributed by atoms with Crippen molar-refractivity contribution in [3.05, 3.63) is 0 Å². The monoisotopic (exact) mass is 289 g/mol. The highest BCUT2D eigenvalue weighted by molar-refractivity contribution is 7.80. The Morgan fingerprint density at radius 3 is 2.47 bits per heavy atom. The molecule has 0 aromatic carbocycles. The molecular formula is C11H19N3O4S. The number of carbonyl (C=O) groups excluding carboxylic acids is 2. The van der Waals surface area contributed by atoms with E-state index in [1.165, 1.54) is 0 Å². The van der Waals surface area contributed by atoms with Crippen molar-refractivity contribution in [2.75, 3.05) is 33.0 Å². The smallest absolute Gasteiger partial charge is 0.243 e. The van der Waals surface area contributed by atoms with E-state index in [4.69, 9.17) is 33.2 Å². The zero-order valence-corrected chi connectivity index (χ0v) is 11.5. The molecule has 19 heavy (non-hydrogen) atoms. The van der Waals surface area contributed by atoms with Gasteiger partial charge in [-0.3, -0.25) is 9.59 Å². The summed E-state index contributed by atoms with van der Waals surface area (Å²) in [6.45, 7) is 1.24. The van der Waals surface area contributed by atoms with Gasteiger partial charge in [-0.15, -0.1) is 0 Å². The van der Waals surface area contributed by atoms with Gasteiger partial charge in [-0.05, 0) is 12.8 Å². The number of hydrogen-bond acceptors (Lipinski definition) is 5. The largest absolute Gasteiger partial charge is 0.392 e. The SMILES string of the molecule is NC(=O)COCCNC(=O)C1(C(N)=S)CCOCC1. The molecule has 0 aliphatic carbocycles. The Balaban J connectivity index is 2.41. The normalized spacial score (nSPS) is 17.7. The lowest BCUT2D eigenvalue weighted by molar-refractivity contribution is -0.131. The number of amides is 2. The van der Waals surface area contributed by atoms with Gasteiger partial charge in [0.2, 0.25) is 11.8 Å². The minimum absolute atomic E-state index is 0.163. The van der Waals surface area contributed by atoms with Gasteiger partial charge in [0, 0.05) is 19.8 Å². The Bertz CT molecular complexity index is 356. The highest BCUT2D eigenvalue weighted by atomic mass is 32.1. The average Bonchev–Trinajstić information content (AvgIpc) is 2.38. The molecule has 0 aromatic rings. The molecule has 8 heteroatoms. The number of nitrogens with one attached hydrogen (secondary N) is 1. The quantitative estimate of drug-likeness (QED) is 0.396. The van der Waals surface area contributed by atoms with Gasteiger partial charge in [-0.1, -0.05) is 12.2 Å². The van der Waals surface area contributed by atoms with E-state index in [0.717, 1.165) is 0 Å². The van der Waals surface area contributed by atoms with Crippen LogP contribution in [-0.4, -0.2) is 49.8 Å². The van der Waals surface area contributed by atoms with Crippen LogP contribution >= 0.6 is 12.2 Å². The predicted molar refractivity (Wildman–Crippen MR) is 72.3 cm³/mol. The summed E-state index contributed by atoms with van der Waals surface area (Å²) in [7, 11) is 0. The summed E-state index contributed by atoms with van der Waals surface area (Å²) >= 11 is 5.01. The highest BCUT2D eigenvalue weighted by Crippen LogP contribution is 2.31.